The Hall–Kier alpha value is -3.18. The summed E-state index contributed by atoms with van der Waals surface area (Å²) in [5.74, 6) is 2.19. The van der Waals surface area contributed by atoms with Crippen LogP contribution in [0.1, 0.15) is 5.56 Å². The van der Waals surface area contributed by atoms with Gasteiger partial charge in [-0.05, 0) is 42.0 Å². The van der Waals surface area contributed by atoms with E-state index in [4.69, 9.17) is 14.2 Å². The zero-order chi connectivity index (χ0) is 19.6. The maximum absolute atomic E-state index is 10.1. The van der Waals surface area contributed by atoms with Crippen LogP contribution in [0, 0.1) is 0 Å². The number of benzene rings is 3. The molecule has 3 aromatic rings. The van der Waals surface area contributed by atoms with Gasteiger partial charge in [-0.3, -0.25) is 0 Å². The smallest absolute Gasteiger partial charge is 0.141 e. The van der Waals surface area contributed by atoms with Gasteiger partial charge in [0.1, 0.15) is 36.6 Å². The molecule has 1 unspecified atom stereocenters. The minimum Gasteiger partial charge on any atom is -0.495 e. The fourth-order valence-corrected chi connectivity index (χ4v) is 2.64. The molecule has 5 nitrogen and oxygen atoms in total. The minimum absolute atomic E-state index is 0.187. The quantitative estimate of drug-likeness (QED) is 0.555. The molecule has 0 amide bonds. The average Bonchev–Trinajstić information content (AvgIpc) is 2.76. The summed E-state index contributed by atoms with van der Waals surface area (Å²) in [6.45, 7) is 1.07. The summed E-state index contributed by atoms with van der Waals surface area (Å²) < 4.78 is 16.7. The summed E-state index contributed by atoms with van der Waals surface area (Å²) in [4.78, 5) is 0. The van der Waals surface area contributed by atoms with Crippen LogP contribution in [0.15, 0.2) is 78.9 Å². The normalized spacial score (nSPS) is 11.5. The highest BCUT2D eigenvalue weighted by molar-refractivity contribution is 5.56. The molecular weight excluding hydrogens is 354 g/mol. The number of para-hydroxylation sites is 2. The van der Waals surface area contributed by atoms with Gasteiger partial charge in [-0.1, -0.05) is 42.5 Å². The van der Waals surface area contributed by atoms with Crippen molar-refractivity contribution in [3.05, 3.63) is 84.4 Å². The molecule has 0 aromatic heterocycles. The van der Waals surface area contributed by atoms with Crippen molar-refractivity contribution in [3.8, 4) is 17.2 Å². The lowest BCUT2D eigenvalue weighted by atomic mass is 10.2. The van der Waals surface area contributed by atoms with Crippen molar-refractivity contribution in [2.24, 2.45) is 0 Å². The van der Waals surface area contributed by atoms with Crippen LogP contribution in [0.3, 0.4) is 0 Å². The van der Waals surface area contributed by atoms with Crippen molar-refractivity contribution >= 4 is 5.69 Å². The molecule has 0 aliphatic rings. The lowest BCUT2D eigenvalue weighted by Crippen LogP contribution is -2.26. The summed E-state index contributed by atoms with van der Waals surface area (Å²) in [7, 11) is 1.62. The standard InChI is InChI=1S/C23H25NO4/c1-26-23-10-6-5-9-22(23)24-15-19(25)17-28-21-13-11-20(12-14-21)27-16-18-7-3-2-4-8-18/h2-14,19,24-25H,15-17H2,1H3. The second-order valence-corrected chi connectivity index (χ2v) is 6.29. The van der Waals surface area contributed by atoms with E-state index in [0.717, 1.165) is 22.7 Å². The van der Waals surface area contributed by atoms with Crippen LogP contribution in [0.5, 0.6) is 17.2 Å². The van der Waals surface area contributed by atoms with Crippen molar-refractivity contribution < 1.29 is 19.3 Å². The molecule has 0 radical (unpaired) electrons. The molecule has 3 rings (SSSR count). The Bertz CT molecular complexity index is 837. The molecule has 0 aliphatic heterocycles. The molecule has 0 aliphatic carbocycles. The third-order valence-electron chi connectivity index (χ3n) is 4.15. The van der Waals surface area contributed by atoms with Gasteiger partial charge in [-0.15, -0.1) is 0 Å². The summed E-state index contributed by atoms with van der Waals surface area (Å²) in [5, 5.41) is 13.3. The highest BCUT2D eigenvalue weighted by Gasteiger charge is 2.08. The van der Waals surface area contributed by atoms with E-state index in [9.17, 15) is 5.11 Å². The summed E-state index contributed by atoms with van der Waals surface area (Å²) in [5.41, 5.74) is 1.96. The topological polar surface area (TPSA) is 60.0 Å². The van der Waals surface area contributed by atoms with Gasteiger partial charge >= 0.3 is 0 Å². The molecule has 0 fully saturated rings. The Morgan fingerprint density at radius 3 is 2.18 bits per heavy atom. The second kappa shape index (κ2) is 10.2. The average molecular weight is 379 g/mol. The molecule has 0 saturated carbocycles. The highest BCUT2D eigenvalue weighted by atomic mass is 16.5. The van der Waals surface area contributed by atoms with E-state index in [0.29, 0.717) is 18.9 Å². The van der Waals surface area contributed by atoms with E-state index in [1.54, 1.807) is 7.11 Å². The predicted molar refractivity (Wildman–Crippen MR) is 110 cm³/mol. The van der Waals surface area contributed by atoms with Crippen molar-refractivity contribution in [2.45, 2.75) is 12.7 Å². The van der Waals surface area contributed by atoms with Crippen molar-refractivity contribution in [3.63, 3.8) is 0 Å². The molecule has 5 heteroatoms. The molecule has 1 atom stereocenters. The Labute approximate surface area is 165 Å². The highest BCUT2D eigenvalue weighted by Crippen LogP contribution is 2.23. The number of aliphatic hydroxyl groups excluding tert-OH is 1. The molecule has 146 valence electrons. The van der Waals surface area contributed by atoms with Crippen molar-refractivity contribution in [1.82, 2.24) is 0 Å². The van der Waals surface area contributed by atoms with Crippen LogP contribution in [0.4, 0.5) is 5.69 Å². The van der Waals surface area contributed by atoms with Gasteiger partial charge < -0.3 is 24.6 Å². The molecule has 3 aromatic carbocycles. The summed E-state index contributed by atoms with van der Waals surface area (Å²) >= 11 is 0. The van der Waals surface area contributed by atoms with Crippen LogP contribution < -0.4 is 19.5 Å². The number of hydrogen-bond donors (Lipinski definition) is 2. The maximum Gasteiger partial charge on any atom is 0.141 e. The number of methoxy groups -OCH3 is 1. The Morgan fingerprint density at radius 2 is 1.46 bits per heavy atom. The number of ether oxygens (including phenoxy) is 3. The fraction of sp³-hybridized carbons (Fsp3) is 0.217. The Kier molecular flexibility index (Phi) is 7.15. The van der Waals surface area contributed by atoms with Gasteiger partial charge in [0.05, 0.1) is 12.8 Å². The van der Waals surface area contributed by atoms with Gasteiger partial charge in [0.25, 0.3) is 0 Å². The first-order chi connectivity index (χ1) is 13.7. The predicted octanol–water partition coefficient (Wildman–Crippen LogP) is 4.13. The van der Waals surface area contributed by atoms with E-state index in [2.05, 4.69) is 5.32 Å². The molecule has 0 heterocycles. The third-order valence-corrected chi connectivity index (χ3v) is 4.15. The molecule has 28 heavy (non-hydrogen) atoms. The third kappa shape index (κ3) is 5.93. The van der Waals surface area contributed by atoms with Gasteiger partial charge in [0, 0.05) is 6.54 Å². The second-order valence-electron chi connectivity index (χ2n) is 6.29. The van der Waals surface area contributed by atoms with Gasteiger partial charge in [0.15, 0.2) is 0 Å². The Balaban J connectivity index is 1.41. The number of anilines is 1. The summed E-state index contributed by atoms with van der Waals surface area (Å²) in [6, 6.07) is 25.0. The maximum atomic E-state index is 10.1. The SMILES string of the molecule is COc1ccccc1NCC(O)COc1ccc(OCc2ccccc2)cc1. The van der Waals surface area contributed by atoms with E-state index in [-0.39, 0.29) is 6.61 Å². The van der Waals surface area contributed by atoms with Crippen LogP contribution in [0.2, 0.25) is 0 Å². The summed E-state index contributed by atoms with van der Waals surface area (Å²) in [6.07, 6.45) is -0.654. The van der Waals surface area contributed by atoms with E-state index in [1.165, 1.54) is 0 Å². The molecular formula is C23H25NO4. The molecule has 2 N–H and O–H groups in total. The van der Waals surface area contributed by atoms with E-state index >= 15 is 0 Å². The molecule has 0 saturated heterocycles. The monoisotopic (exact) mass is 379 g/mol. The Morgan fingerprint density at radius 1 is 0.821 bits per heavy atom. The number of rotatable bonds is 10. The number of nitrogens with one attached hydrogen (secondary N) is 1. The first-order valence-corrected chi connectivity index (χ1v) is 9.19. The molecule has 0 spiro atoms. The van der Waals surface area contributed by atoms with Crippen LogP contribution in [-0.4, -0.2) is 31.5 Å². The molecule has 0 bridgehead atoms. The lowest BCUT2D eigenvalue weighted by molar-refractivity contribution is 0.117. The van der Waals surface area contributed by atoms with Crippen LogP contribution in [-0.2, 0) is 6.61 Å². The zero-order valence-electron chi connectivity index (χ0n) is 15.9. The number of aliphatic hydroxyl groups is 1. The fourth-order valence-electron chi connectivity index (χ4n) is 2.64. The minimum atomic E-state index is -0.654. The van der Waals surface area contributed by atoms with Gasteiger partial charge in [-0.25, -0.2) is 0 Å². The van der Waals surface area contributed by atoms with Crippen molar-refractivity contribution in [1.29, 1.82) is 0 Å². The van der Waals surface area contributed by atoms with Crippen molar-refractivity contribution in [2.75, 3.05) is 25.6 Å². The van der Waals surface area contributed by atoms with Crippen LogP contribution in [0.25, 0.3) is 0 Å². The largest absolute Gasteiger partial charge is 0.495 e. The first-order valence-electron chi connectivity index (χ1n) is 9.19. The van der Waals surface area contributed by atoms with E-state index in [1.807, 2.05) is 78.9 Å². The lowest BCUT2D eigenvalue weighted by Gasteiger charge is -2.16. The zero-order valence-corrected chi connectivity index (χ0v) is 15.9. The first kappa shape index (κ1) is 19.6. The van der Waals surface area contributed by atoms with Gasteiger partial charge in [0.2, 0.25) is 0 Å². The van der Waals surface area contributed by atoms with E-state index < -0.39 is 6.10 Å². The van der Waals surface area contributed by atoms with Crippen LogP contribution >= 0.6 is 0 Å². The number of hydrogen-bond acceptors (Lipinski definition) is 5. The van der Waals surface area contributed by atoms with Gasteiger partial charge in [-0.2, -0.15) is 0 Å².